The Kier molecular flexibility index (Phi) is 6.21. The van der Waals surface area contributed by atoms with E-state index in [1.807, 2.05) is 6.92 Å². The van der Waals surface area contributed by atoms with Gasteiger partial charge in [0, 0.05) is 6.42 Å². The van der Waals surface area contributed by atoms with Crippen molar-refractivity contribution in [1.29, 1.82) is 0 Å². The van der Waals surface area contributed by atoms with E-state index in [0.717, 1.165) is 6.42 Å². The SMILES string of the molecule is C=CC(O)(CCC)CCC(=O)OCC. The van der Waals surface area contributed by atoms with Crippen molar-refractivity contribution >= 4 is 5.97 Å². The molecule has 14 heavy (non-hydrogen) atoms. The molecule has 3 heteroatoms. The van der Waals surface area contributed by atoms with Gasteiger partial charge in [-0.2, -0.15) is 0 Å². The van der Waals surface area contributed by atoms with Gasteiger partial charge in [-0.05, 0) is 19.8 Å². The molecule has 0 amide bonds. The van der Waals surface area contributed by atoms with Crippen molar-refractivity contribution in [3.8, 4) is 0 Å². The van der Waals surface area contributed by atoms with Crippen LogP contribution in [0, 0.1) is 0 Å². The van der Waals surface area contributed by atoms with Gasteiger partial charge < -0.3 is 9.84 Å². The molecule has 0 aromatic carbocycles. The maximum atomic E-state index is 11.0. The van der Waals surface area contributed by atoms with Crippen LogP contribution in [0.15, 0.2) is 12.7 Å². The summed E-state index contributed by atoms with van der Waals surface area (Å²) < 4.78 is 4.78. The Hall–Kier alpha value is -0.830. The number of rotatable bonds is 7. The molecule has 82 valence electrons. The average Bonchev–Trinajstić information content (AvgIpc) is 2.16. The zero-order chi connectivity index (χ0) is 11.0. The third-order valence-corrected chi connectivity index (χ3v) is 2.13. The minimum absolute atomic E-state index is 0.246. The third-order valence-electron chi connectivity index (χ3n) is 2.13. The molecular formula is C11H20O3. The molecule has 0 aliphatic carbocycles. The zero-order valence-corrected chi connectivity index (χ0v) is 9.08. The van der Waals surface area contributed by atoms with E-state index in [9.17, 15) is 9.90 Å². The van der Waals surface area contributed by atoms with Gasteiger partial charge in [-0.1, -0.05) is 19.4 Å². The van der Waals surface area contributed by atoms with Crippen molar-refractivity contribution in [3.05, 3.63) is 12.7 Å². The molecule has 0 saturated heterocycles. The lowest BCUT2D eigenvalue weighted by molar-refractivity contribution is -0.144. The maximum Gasteiger partial charge on any atom is 0.305 e. The van der Waals surface area contributed by atoms with Gasteiger partial charge in [-0.15, -0.1) is 6.58 Å². The highest BCUT2D eigenvalue weighted by Gasteiger charge is 2.22. The number of carbonyl (C=O) groups excluding carboxylic acids is 1. The standard InChI is InChI=1S/C11H20O3/c1-4-8-11(13,5-2)9-7-10(12)14-6-3/h5,13H,2,4,6-9H2,1,3H3. The van der Waals surface area contributed by atoms with E-state index in [1.54, 1.807) is 6.92 Å². The topological polar surface area (TPSA) is 46.5 Å². The van der Waals surface area contributed by atoms with Gasteiger partial charge in [0.15, 0.2) is 0 Å². The molecule has 0 heterocycles. The van der Waals surface area contributed by atoms with Crippen LogP contribution in [-0.2, 0) is 9.53 Å². The molecule has 0 aliphatic rings. The Morgan fingerprint density at radius 2 is 2.14 bits per heavy atom. The van der Waals surface area contributed by atoms with E-state index in [2.05, 4.69) is 6.58 Å². The summed E-state index contributed by atoms with van der Waals surface area (Å²) in [7, 11) is 0. The van der Waals surface area contributed by atoms with E-state index >= 15 is 0 Å². The van der Waals surface area contributed by atoms with Crippen LogP contribution in [0.5, 0.6) is 0 Å². The Balaban J connectivity index is 3.94. The van der Waals surface area contributed by atoms with Crippen LogP contribution < -0.4 is 0 Å². The summed E-state index contributed by atoms with van der Waals surface area (Å²) >= 11 is 0. The van der Waals surface area contributed by atoms with Crippen molar-refractivity contribution in [2.75, 3.05) is 6.61 Å². The average molecular weight is 200 g/mol. The number of esters is 1. The predicted molar refractivity (Wildman–Crippen MR) is 55.9 cm³/mol. The second kappa shape index (κ2) is 6.60. The van der Waals surface area contributed by atoms with Crippen molar-refractivity contribution < 1.29 is 14.6 Å². The predicted octanol–water partition coefficient (Wildman–Crippen LogP) is 2.05. The summed E-state index contributed by atoms with van der Waals surface area (Å²) in [5.41, 5.74) is -0.915. The molecule has 0 radical (unpaired) electrons. The van der Waals surface area contributed by atoms with Crippen LogP contribution in [0.25, 0.3) is 0 Å². The van der Waals surface area contributed by atoms with Crippen LogP contribution in [0.2, 0.25) is 0 Å². The fourth-order valence-corrected chi connectivity index (χ4v) is 1.31. The molecule has 0 saturated carbocycles. The summed E-state index contributed by atoms with van der Waals surface area (Å²) in [5.74, 6) is -0.260. The van der Waals surface area contributed by atoms with Gasteiger partial charge in [0.1, 0.15) is 0 Å². The molecule has 0 spiro atoms. The van der Waals surface area contributed by atoms with Crippen molar-refractivity contribution in [2.45, 2.75) is 45.1 Å². The van der Waals surface area contributed by atoms with E-state index in [1.165, 1.54) is 6.08 Å². The molecule has 0 aliphatic heterocycles. The third kappa shape index (κ3) is 5.02. The first-order valence-electron chi connectivity index (χ1n) is 5.09. The minimum atomic E-state index is -0.915. The second-order valence-electron chi connectivity index (χ2n) is 3.36. The van der Waals surface area contributed by atoms with Gasteiger partial charge in [0.25, 0.3) is 0 Å². The van der Waals surface area contributed by atoms with E-state index < -0.39 is 5.60 Å². The fraction of sp³-hybridized carbons (Fsp3) is 0.727. The van der Waals surface area contributed by atoms with Crippen molar-refractivity contribution in [1.82, 2.24) is 0 Å². The summed E-state index contributed by atoms with van der Waals surface area (Å²) in [4.78, 5) is 11.0. The summed E-state index contributed by atoms with van der Waals surface area (Å²) in [6.07, 6.45) is 3.65. The van der Waals surface area contributed by atoms with Gasteiger partial charge in [-0.3, -0.25) is 4.79 Å². The Labute approximate surface area is 85.8 Å². The number of carbonyl (C=O) groups is 1. The summed E-state index contributed by atoms with van der Waals surface area (Å²) in [6, 6.07) is 0. The van der Waals surface area contributed by atoms with Crippen molar-refractivity contribution in [2.24, 2.45) is 0 Å². The first kappa shape index (κ1) is 13.2. The van der Waals surface area contributed by atoms with Gasteiger partial charge in [-0.25, -0.2) is 0 Å². The Morgan fingerprint density at radius 3 is 2.57 bits per heavy atom. The van der Waals surface area contributed by atoms with Crippen molar-refractivity contribution in [3.63, 3.8) is 0 Å². The lowest BCUT2D eigenvalue weighted by atomic mass is 9.93. The molecule has 0 aromatic rings. The van der Waals surface area contributed by atoms with Crippen LogP contribution >= 0.6 is 0 Å². The monoisotopic (exact) mass is 200 g/mol. The Bertz CT molecular complexity index is 189. The Morgan fingerprint density at radius 1 is 1.50 bits per heavy atom. The first-order valence-corrected chi connectivity index (χ1v) is 5.09. The molecule has 0 bridgehead atoms. The highest BCUT2D eigenvalue weighted by atomic mass is 16.5. The summed E-state index contributed by atoms with van der Waals surface area (Å²) in [5, 5.41) is 9.91. The lowest BCUT2D eigenvalue weighted by Gasteiger charge is -2.22. The lowest BCUT2D eigenvalue weighted by Crippen LogP contribution is -2.26. The first-order chi connectivity index (χ1) is 6.58. The van der Waals surface area contributed by atoms with Crippen LogP contribution in [-0.4, -0.2) is 23.3 Å². The second-order valence-corrected chi connectivity index (χ2v) is 3.36. The normalized spacial score (nSPS) is 14.5. The van der Waals surface area contributed by atoms with Crippen LogP contribution in [0.3, 0.4) is 0 Å². The molecule has 0 fully saturated rings. The van der Waals surface area contributed by atoms with E-state index in [-0.39, 0.29) is 12.4 Å². The molecule has 3 nitrogen and oxygen atoms in total. The zero-order valence-electron chi connectivity index (χ0n) is 9.08. The number of aliphatic hydroxyl groups is 1. The minimum Gasteiger partial charge on any atom is -0.466 e. The molecule has 1 N–H and O–H groups in total. The maximum absolute atomic E-state index is 11.0. The number of hydrogen-bond acceptors (Lipinski definition) is 3. The van der Waals surface area contributed by atoms with Crippen LogP contribution in [0.4, 0.5) is 0 Å². The molecule has 1 atom stereocenters. The quantitative estimate of drug-likeness (QED) is 0.505. The molecular weight excluding hydrogens is 180 g/mol. The fourth-order valence-electron chi connectivity index (χ4n) is 1.31. The summed E-state index contributed by atoms with van der Waals surface area (Å²) in [6.45, 7) is 7.71. The van der Waals surface area contributed by atoms with E-state index in [4.69, 9.17) is 4.74 Å². The highest BCUT2D eigenvalue weighted by Crippen LogP contribution is 2.20. The number of hydrogen-bond donors (Lipinski definition) is 1. The van der Waals surface area contributed by atoms with Gasteiger partial charge in [0.2, 0.25) is 0 Å². The van der Waals surface area contributed by atoms with Crippen LogP contribution in [0.1, 0.15) is 39.5 Å². The number of ether oxygens (including phenoxy) is 1. The van der Waals surface area contributed by atoms with Gasteiger partial charge in [0.05, 0.1) is 12.2 Å². The largest absolute Gasteiger partial charge is 0.466 e. The van der Waals surface area contributed by atoms with Gasteiger partial charge >= 0.3 is 5.97 Å². The highest BCUT2D eigenvalue weighted by molar-refractivity contribution is 5.69. The molecule has 1 unspecified atom stereocenters. The molecule has 0 aromatic heterocycles. The molecule has 0 rings (SSSR count). The smallest absolute Gasteiger partial charge is 0.305 e. The van der Waals surface area contributed by atoms with E-state index in [0.29, 0.717) is 19.4 Å².